The third-order valence-electron chi connectivity index (χ3n) is 4.96. The van der Waals surface area contributed by atoms with Gasteiger partial charge in [-0.05, 0) is 31.2 Å². The maximum absolute atomic E-state index is 12.7. The van der Waals surface area contributed by atoms with Crippen LogP contribution in [0, 0.1) is 0 Å². The molecule has 2 heterocycles. The number of nitrogens with zero attached hydrogens (tertiary/aromatic N) is 3. The molecule has 0 spiro atoms. The van der Waals surface area contributed by atoms with Crippen molar-refractivity contribution in [3.63, 3.8) is 0 Å². The number of aliphatic hydroxyl groups is 1. The van der Waals surface area contributed by atoms with Crippen molar-refractivity contribution >= 4 is 28.8 Å². The summed E-state index contributed by atoms with van der Waals surface area (Å²) in [5.41, 5.74) is 2.00. The standard InChI is InChI=1S/C22H21N3O6/c1-2-30-20(27)13-31-14-7-8-17-18(11-14)24(9-10-26)19(23-17)12-25-21(28)15-5-3-4-6-16(15)22(25)29/h3-8,11,26H,2,9-10,12-13H2,1H3. The first-order valence-electron chi connectivity index (χ1n) is 9.87. The van der Waals surface area contributed by atoms with E-state index >= 15 is 0 Å². The number of benzene rings is 2. The molecule has 9 heteroatoms. The Morgan fingerprint density at radius 2 is 1.81 bits per heavy atom. The molecule has 1 N–H and O–H groups in total. The molecular weight excluding hydrogens is 402 g/mol. The van der Waals surface area contributed by atoms with E-state index in [1.165, 1.54) is 0 Å². The van der Waals surface area contributed by atoms with Gasteiger partial charge in [0.25, 0.3) is 11.8 Å². The fourth-order valence-corrected chi connectivity index (χ4v) is 3.58. The predicted molar refractivity (Wildman–Crippen MR) is 110 cm³/mol. The average molecular weight is 423 g/mol. The summed E-state index contributed by atoms with van der Waals surface area (Å²) in [6, 6.07) is 11.8. The molecule has 0 saturated heterocycles. The lowest BCUT2D eigenvalue weighted by molar-refractivity contribution is -0.145. The van der Waals surface area contributed by atoms with E-state index in [4.69, 9.17) is 9.47 Å². The van der Waals surface area contributed by atoms with Crippen LogP contribution in [0.1, 0.15) is 33.5 Å². The zero-order valence-electron chi connectivity index (χ0n) is 16.9. The first-order valence-corrected chi connectivity index (χ1v) is 9.87. The van der Waals surface area contributed by atoms with E-state index in [1.54, 1.807) is 54.0 Å². The third kappa shape index (κ3) is 3.87. The Hall–Kier alpha value is -3.72. The summed E-state index contributed by atoms with van der Waals surface area (Å²) in [5, 5.41) is 9.54. The van der Waals surface area contributed by atoms with Crippen LogP contribution in [-0.4, -0.2) is 57.2 Å². The maximum atomic E-state index is 12.7. The fraction of sp³-hybridized carbons (Fsp3) is 0.273. The number of rotatable bonds is 8. The molecule has 0 bridgehead atoms. The lowest BCUT2D eigenvalue weighted by Gasteiger charge is -2.15. The lowest BCUT2D eigenvalue weighted by Crippen LogP contribution is -2.30. The van der Waals surface area contributed by atoms with Crippen molar-refractivity contribution in [2.24, 2.45) is 0 Å². The summed E-state index contributed by atoms with van der Waals surface area (Å²) in [6.07, 6.45) is 0. The van der Waals surface area contributed by atoms with Crippen molar-refractivity contribution in [3.05, 3.63) is 59.4 Å². The van der Waals surface area contributed by atoms with Crippen molar-refractivity contribution in [1.29, 1.82) is 0 Å². The van der Waals surface area contributed by atoms with Crippen LogP contribution >= 0.6 is 0 Å². The minimum absolute atomic E-state index is 0.0277. The fourth-order valence-electron chi connectivity index (χ4n) is 3.58. The van der Waals surface area contributed by atoms with Crippen molar-refractivity contribution in [2.45, 2.75) is 20.0 Å². The zero-order chi connectivity index (χ0) is 22.0. The van der Waals surface area contributed by atoms with Crippen LogP contribution in [0.5, 0.6) is 5.75 Å². The van der Waals surface area contributed by atoms with E-state index in [-0.39, 0.29) is 44.7 Å². The van der Waals surface area contributed by atoms with Crippen LogP contribution in [-0.2, 0) is 22.6 Å². The molecule has 0 saturated carbocycles. The molecule has 1 aliphatic heterocycles. The van der Waals surface area contributed by atoms with Crippen molar-refractivity contribution in [3.8, 4) is 5.75 Å². The molecule has 0 radical (unpaired) electrons. The highest BCUT2D eigenvalue weighted by atomic mass is 16.6. The first-order chi connectivity index (χ1) is 15.0. The summed E-state index contributed by atoms with van der Waals surface area (Å²) in [6.45, 7) is 1.79. The molecule has 4 rings (SSSR count). The molecule has 3 aromatic rings. The van der Waals surface area contributed by atoms with E-state index in [2.05, 4.69) is 4.98 Å². The number of amides is 2. The largest absolute Gasteiger partial charge is 0.482 e. The van der Waals surface area contributed by atoms with Gasteiger partial charge in [-0.2, -0.15) is 0 Å². The normalized spacial score (nSPS) is 13.0. The van der Waals surface area contributed by atoms with E-state index in [0.29, 0.717) is 33.7 Å². The monoisotopic (exact) mass is 423 g/mol. The molecule has 2 amide bonds. The summed E-state index contributed by atoms with van der Waals surface area (Å²) in [4.78, 5) is 42.7. The topological polar surface area (TPSA) is 111 Å². The van der Waals surface area contributed by atoms with Gasteiger partial charge in [-0.3, -0.25) is 14.5 Å². The summed E-state index contributed by atoms with van der Waals surface area (Å²) >= 11 is 0. The molecule has 1 aromatic heterocycles. The highest BCUT2D eigenvalue weighted by Gasteiger charge is 2.36. The first kappa shape index (κ1) is 20.5. The van der Waals surface area contributed by atoms with Crippen LogP contribution in [0.15, 0.2) is 42.5 Å². The highest BCUT2D eigenvalue weighted by Crippen LogP contribution is 2.27. The SMILES string of the molecule is CCOC(=O)COc1ccc2nc(CN3C(=O)c4ccccc4C3=O)n(CCO)c2c1. The van der Waals surface area contributed by atoms with Crippen LogP contribution < -0.4 is 4.74 Å². The Bertz CT molecular complexity index is 1130. The number of aliphatic hydroxyl groups excluding tert-OH is 1. The second kappa shape index (κ2) is 8.57. The molecule has 0 aliphatic carbocycles. The summed E-state index contributed by atoms with van der Waals surface area (Å²) < 4.78 is 12.1. The van der Waals surface area contributed by atoms with Gasteiger partial charge in [-0.25, -0.2) is 9.78 Å². The van der Waals surface area contributed by atoms with Gasteiger partial charge in [0.05, 0.1) is 41.9 Å². The van der Waals surface area contributed by atoms with Crippen molar-refractivity contribution < 1.29 is 29.0 Å². The molecule has 2 aromatic carbocycles. The van der Waals surface area contributed by atoms with Gasteiger partial charge in [0.2, 0.25) is 0 Å². The van der Waals surface area contributed by atoms with Gasteiger partial charge < -0.3 is 19.1 Å². The third-order valence-corrected chi connectivity index (χ3v) is 4.96. The van der Waals surface area contributed by atoms with Gasteiger partial charge in [-0.1, -0.05) is 12.1 Å². The number of hydrogen-bond donors (Lipinski definition) is 1. The van der Waals surface area contributed by atoms with Crippen LogP contribution in [0.3, 0.4) is 0 Å². The van der Waals surface area contributed by atoms with E-state index in [1.807, 2.05) is 0 Å². The maximum Gasteiger partial charge on any atom is 0.344 e. The average Bonchev–Trinajstić information content (AvgIpc) is 3.23. The number of aromatic nitrogens is 2. The Morgan fingerprint density at radius 3 is 2.45 bits per heavy atom. The number of carbonyl (C=O) groups is 3. The number of esters is 1. The molecule has 160 valence electrons. The highest BCUT2D eigenvalue weighted by molar-refractivity contribution is 6.21. The molecule has 0 unspecified atom stereocenters. The van der Waals surface area contributed by atoms with E-state index in [9.17, 15) is 19.5 Å². The van der Waals surface area contributed by atoms with Crippen LogP contribution in [0.2, 0.25) is 0 Å². The minimum Gasteiger partial charge on any atom is -0.482 e. The van der Waals surface area contributed by atoms with Crippen molar-refractivity contribution in [1.82, 2.24) is 14.5 Å². The van der Waals surface area contributed by atoms with E-state index < -0.39 is 5.97 Å². The van der Waals surface area contributed by atoms with Crippen LogP contribution in [0.25, 0.3) is 11.0 Å². The summed E-state index contributed by atoms with van der Waals surface area (Å²) in [5.74, 6) is -0.325. The Kier molecular flexibility index (Phi) is 5.68. The second-order valence-electron chi connectivity index (χ2n) is 6.89. The Morgan fingerprint density at radius 1 is 1.10 bits per heavy atom. The number of imidazole rings is 1. The van der Waals surface area contributed by atoms with Gasteiger partial charge in [0, 0.05) is 12.6 Å². The molecule has 1 aliphatic rings. The lowest BCUT2D eigenvalue weighted by atomic mass is 10.1. The Balaban J connectivity index is 1.62. The molecule has 31 heavy (non-hydrogen) atoms. The second-order valence-corrected chi connectivity index (χ2v) is 6.89. The van der Waals surface area contributed by atoms with Gasteiger partial charge >= 0.3 is 5.97 Å². The van der Waals surface area contributed by atoms with Gasteiger partial charge in [-0.15, -0.1) is 0 Å². The number of ether oxygens (including phenoxy) is 2. The smallest absolute Gasteiger partial charge is 0.344 e. The van der Waals surface area contributed by atoms with Crippen LogP contribution in [0.4, 0.5) is 0 Å². The quantitative estimate of drug-likeness (QED) is 0.434. The number of hydrogen-bond acceptors (Lipinski definition) is 7. The minimum atomic E-state index is -0.474. The number of fused-ring (bicyclic) bond motifs is 2. The van der Waals surface area contributed by atoms with Gasteiger partial charge in [0.15, 0.2) is 6.61 Å². The molecule has 0 fully saturated rings. The molecule has 9 nitrogen and oxygen atoms in total. The van der Waals surface area contributed by atoms with E-state index in [0.717, 1.165) is 4.90 Å². The number of carbonyl (C=O) groups excluding carboxylic acids is 3. The molecule has 0 atom stereocenters. The predicted octanol–water partition coefficient (Wildman–Crippen LogP) is 1.77. The zero-order valence-corrected chi connectivity index (χ0v) is 16.9. The van der Waals surface area contributed by atoms with Crippen molar-refractivity contribution in [2.75, 3.05) is 19.8 Å². The Labute approximate surface area is 177 Å². The number of imide groups is 1. The summed E-state index contributed by atoms with van der Waals surface area (Å²) in [7, 11) is 0. The van der Waals surface area contributed by atoms with Gasteiger partial charge in [0.1, 0.15) is 11.6 Å². The molecular formula is C22H21N3O6.